The van der Waals surface area contributed by atoms with Crippen molar-refractivity contribution in [3.63, 3.8) is 0 Å². The van der Waals surface area contributed by atoms with Gasteiger partial charge < -0.3 is 10.6 Å². The number of anilines is 1. The summed E-state index contributed by atoms with van der Waals surface area (Å²) in [7, 11) is 1.79. The highest BCUT2D eigenvalue weighted by Crippen LogP contribution is 2.24. The second-order valence-electron chi connectivity index (χ2n) is 6.29. The Bertz CT molecular complexity index is 767. The fraction of sp³-hybridized carbons (Fsp3) is 0.529. The molecule has 0 bridgehead atoms. The number of aryl methyl sites for hydroxylation is 2. The van der Waals surface area contributed by atoms with Crippen LogP contribution in [0.2, 0.25) is 0 Å². The van der Waals surface area contributed by atoms with Crippen molar-refractivity contribution in [3.8, 4) is 0 Å². The first-order valence-electron chi connectivity index (χ1n) is 8.43. The summed E-state index contributed by atoms with van der Waals surface area (Å²) in [5.74, 6) is 0.0771. The van der Waals surface area contributed by atoms with Crippen LogP contribution in [0.5, 0.6) is 0 Å². The highest BCUT2D eigenvalue weighted by Gasteiger charge is 2.24. The van der Waals surface area contributed by atoms with Gasteiger partial charge >= 0.3 is 0 Å². The Labute approximate surface area is 141 Å². The normalized spacial score (nSPS) is 13.6. The van der Waals surface area contributed by atoms with Gasteiger partial charge in [-0.25, -0.2) is 9.97 Å². The Kier molecular flexibility index (Phi) is 4.51. The van der Waals surface area contributed by atoms with E-state index in [-0.39, 0.29) is 11.9 Å². The van der Waals surface area contributed by atoms with E-state index >= 15 is 0 Å². The molecule has 0 spiro atoms. The lowest BCUT2D eigenvalue weighted by atomic mass is 9.94. The van der Waals surface area contributed by atoms with E-state index in [1.165, 1.54) is 0 Å². The third-order valence-electron chi connectivity index (χ3n) is 4.66. The van der Waals surface area contributed by atoms with Crippen molar-refractivity contribution in [1.82, 2.24) is 24.6 Å². The van der Waals surface area contributed by atoms with Crippen molar-refractivity contribution in [3.05, 3.63) is 34.4 Å². The molecule has 0 aliphatic heterocycles. The fourth-order valence-corrected chi connectivity index (χ4v) is 3.26. The number of nitrogens with two attached hydrogens (primary N) is 1. The molecule has 1 aliphatic rings. The van der Waals surface area contributed by atoms with Crippen molar-refractivity contribution in [2.75, 3.05) is 12.8 Å². The summed E-state index contributed by atoms with van der Waals surface area (Å²) >= 11 is 0. The summed E-state index contributed by atoms with van der Waals surface area (Å²) < 4.78 is 1.93. The van der Waals surface area contributed by atoms with E-state index in [2.05, 4.69) is 22.0 Å². The lowest BCUT2D eigenvalue weighted by Gasteiger charge is -2.21. The van der Waals surface area contributed by atoms with Gasteiger partial charge in [-0.15, -0.1) is 0 Å². The topological polar surface area (TPSA) is 89.9 Å². The van der Waals surface area contributed by atoms with E-state index in [4.69, 9.17) is 5.73 Å². The SMILES string of the molecule is CCn1ncc(CN(C)C(=O)c2nc(N)nc3c2CCCC3)c1C. The third kappa shape index (κ3) is 2.98. The molecule has 3 rings (SSSR count). The average molecular weight is 328 g/mol. The summed E-state index contributed by atoms with van der Waals surface area (Å²) in [6, 6.07) is 0. The van der Waals surface area contributed by atoms with Crippen LogP contribution >= 0.6 is 0 Å². The first kappa shape index (κ1) is 16.4. The molecule has 0 radical (unpaired) electrons. The monoisotopic (exact) mass is 328 g/mol. The Balaban J connectivity index is 1.86. The molecule has 0 saturated carbocycles. The molecule has 1 aliphatic carbocycles. The van der Waals surface area contributed by atoms with Crippen molar-refractivity contribution in [2.45, 2.75) is 52.6 Å². The quantitative estimate of drug-likeness (QED) is 0.923. The summed E-state index contributed by atoms with van der Waals surface area (Å²) in [6.45, 7) is 5.39. The summed E-state index contributed by atoms with van der Waals surface area (Å²) in [4.78, 5) is 23.2. The van der Waals surface area contributed by atoms with Gasteiger partial charge in [0.2, 0.25) is 5.95 Å². The smallest absolute Gasteiger partial charge is 0.272 e. The molecule has 7 nitrogen and oxygen atoms in total. The Morgan fingerprint density at radius 2 is 2.08 bits per heavy atom. The number of carbonyl (C=O) groups excluding carboxylic acids is 1. The zero-order valence-corrected chi connectivity index (χ0v) is 14.5. The van der Waals surface area contributed by atoms with Crippen molar-refractivity contribution in [1.29, 1.82) is 0 Å². The van der Waals surface area contributed by atoms with Gasteiger partial charge in [0.25, 0.3) is 5.91 Å². The van der Waals surface area contributed by atoms with Gasteiger partial charge in [-0.05, 0) is 39.5 Å². The van der Waals surface area contributed by atoms with E-state index in [1.54, 1.807) is 11.9 Å². The van der Waals surface area contributed by atoms with E-state index in [9.17, 15) is 4.79 Å². The molecule has 2 N–H and O–H groups in total. The number of hydrogen-bond acceptors (Lipinski definition) is 5. The van der Waals surface area contributed by atoms with Crippen LogP contribution in [0.1, 0.15) is 52.8 Å². The number of rotatable bonds is 4. The first-order chi connectivity index (χ1) is 11.5. The Morgan fingerprint density at radius 3 is 2.79 bits per heavy atom. The van der Waals surface area contributed by atoms with E-state index in [1.807, 2.05) is 17.8 Å². The van der Waals surface area contributed by atoms with Crippen LogP contribution < -0.4 is 5.73 Å². The standard InChI is InChI=1S/C17H24N6O/c1-4-23-11(2)12(9-19-23)10-22(3)16(24)15-13-7-5-6-8-14(13)20-17(18)21-15/h9H,4-8,10H2,1-3H3,(H2,18,20,21). The number of nitrogen functional groups attached to an aromatic ring is 1. The maximum absolute atomic E-state index is 12.9. The van der Waals surface area contributed by atoms with Crippen LogP contribution in [-0.2, 0) is 25.9 Å². The zero-order chi connectivity index (χ0) is 17.3. The number of fused-ring (bicyclic) bond motifs is 1. The Hall–Kier alpha value is -2.44. The highest BCUT2D eigenvalue weighted by molar-refractivity contribution is 5.94. The molecule has 0 saturated heterocycles. The van der Waals surface area contributed by atoms with Crippen LogP contribution in [0.15, 0.2) is 6.20 Å². The molecule has 24 heavy (non-hydrogen) atoms. The van der Waals surface area contributed by atoms with Gasteiger partial charge in [-0.3, -0.25) is 9.48 Å². The van der Waals surface area contributed by atoms with Crippen molar-refractivity contribution >= 4 is 11.9 Å². The van der Waals surface area contributed by atoms with Crippen molar-refractivity contribution < 1.29 is 4.79 Å². The number of hydrogen-bond donors (Lipinski definition) is 1. The molecule has 0 fully saturated rings. The van der Waals surface area contributed by atoms with Gasteiger partial charge in [0, 0.05) is 42.7 Å². The maximum Gasteiger partial charge on any atom is 0.272 e. The predicted octanol–water partition coefficient (Wildman–Crippen LogP) is 1.73. The lowest BCUT2D eigenvalue weighted by molar-refractivity contribution is 0.0777. The number of amides is 1. The van der Waals surface area contributed by atoms with Crippen LogP contribution in [0.25, 0.3) is 0 Å². The van der Waals surface area contributed by atoms with Crippen LogP contribution in [0.4, 0.5) is 5.95 Å². The molecule has 7 heteroatoms. The van der Waals surface area contributed by atoms with Gasteiger partial charge in [0.1, 0.15) is 5.69 Å². The highest BCUT2D eigenvalue weighted by atomic mass is 16.2. The minimum absolute atomic E-state index is 0.106. The molecule has 0 aromatic carbocycles. The minimum Gasteiger partial charge on any atom is -0.368 e. The van der Waals surface area contributed by atoms with Crippen LogP contribution in [-0.4, -0.2) is 37.6 Å². The second kappa shape index (κ2) is 6.59. The van der Waals surface area contributed by atoms with E-state index < -0.39 is 0 Å². The Morgan fingerprint density at radius 1 is 1.33 bits per heavy atom. The fourth-order valence-electron chi connectivity index (χ4n) is 3.26. The maximum atomic E-state index is 12.9. The molecular weight excluding hydrogens is 304 g/mol. The lowest BCUT2D eigenvalue weighted by Crippen LogP contribution is -2.30. The van der Waals surface area contributed by atoms with E-state index in [0.29, 0.717) is 12.2 Å². The second-order valence-corrected chi connectivity index (χ2v) is 6.29. The largest absolute Gasteiger partial charge is 0.368 e. The van der Waals surface area contributed by atoms with Gasteiger partial charge in [0.05, 0.1) is 6.20 Å². The average Bonchev–Trinajstić information content (AvgIpc) is 2.93. The molecule has 0 atom stereocenters. The van der Waals surface area contributed by atoms with Gasteiger partial charge in [0.15, 0.2) is 0 Å². The molecule has 2 aromatic rings. The first-order valence-corrected chi connectivity index (χ1v) is 8.43. The number of aromatic nitrogens is 4. The zero-order valence-electron chi connectivity index (χ0n) is 14.5. The molecule has 0 unspecified atom stereocenters. The van der Waals surface area contributed by atoms with E-state index in [0.717, 1.165) is 54.7 Å². The number of carbonyl (C=O) groups is 1. The summed E-state index contributed by atoms with van der Waals surface area (Å²) in [6.07, 6.45) is 5.69. The molecular formula is C17H24N6O. The number of nitrogens with zero attached hydrogens (tertiary/aromatic N) is 5. The summed E-state index contributed by atoms with van der Waals surface area (Å²) in [5, 5.41) is 4.34. The molecule has 128 valence electrons. The molecule has 1 amide bonds. The molecule has 2 aromatic heterocycles. The third-order valence-corrected chi connectivity index (χ3v) is 4.66. The van der Waals surface area contributed by atoms with Crippen LogP contribution in [0.3, 0.4) is 0 Å². The minimum atomic E-state index is -0.106. The van der Waals surface area contributed by atoms with Crippen LogP contribution in [0, 0.1) is 6.92 Å². The van der Waals surface area contributed by atoms with Crippen molar-refractivity contribution in [2.24, 2.45) is 0 Å². The predicted molar refractivity (Wildman–Crippen MR) is 91.5 cm³/mol. The molecule has 2 heterocycles. The van der Waals surface area contributed by atoms with Gasteiger partial charge in [-0.2, -0.15) is 5.10 Å². The summed E-state index contributed by atoms with van der Waals surface area (Å²) in [5.41, 5.74) is 10.3. The van der Waals surface area contributed by atoms with Gasteiger partial charge in [-0.1, -0.05) is 0 Å².